The number of ether oxygens (including phenoxy) is 3. The molecular weight excluding hydrogens is 192 g/mol. The van der Waals surface area contributed by atoms with Crippen molar-refractivity contribution in [2.45, 2.75) is 24.6 Å². The first-order chi connectivity index (χ1) is 6.70. The number of hydrogen-bond donors (Lipinski definition) is 3. The van der Waals surface area contributed by atoms with E-state index in [0.29, 0.717) is 6.61 Å². The minimum atomic E-state index is -1.20. The molecule has 0 saturated carbocycles. The third kappa shape index (κ3) is 2.63. The molecule has 0 aromatic carbocycles. The van der Waals surface area contributed by atoms with Crippen LogP contribution in [0.3, 0.4) is 0 Å². The van der Waals surface area contributed by atoms with Crippen LogP contribution in [0.5, 0.6) is 0 Å². The molecule has 14 heavy (non-hydrogen) atoms. The molecule has 0 spiro atoms. The van der Waals surface area contributed by atoms with Crippen LogP contribution in [0, 0.1) is 0 Å². The number of rotatable bonds is 5. The fourth-order valence-corrected chi connectivity index (χ4v) is 1.32. The first-order valence-electron chi connectivity index (χ1n) is 4.43. The summed E-state index contributed by atoms with van der Waals surface area (Å²) in [5, 5.41) is 27.6. The van der Waals surface area contributed by atoms with Gasteiger partial charge >= 0.3 is 0 Å². The van der Waals surface area contributed by atoms with Crippen LogP contribution < -0.4 is 0 Å². The Morgan fingerprint density at radius 3 is 2.50 bits per heavy atom. The molecule has 1 fully saturated rings. The van der Waals surface area contributed by atoms with Gasteiger partial charge in [0, 0.05) is 7.11 Å². The van der Waals surface area contributed by atoms with E-state index in [-0.39, 0.29) is 13.2 Å². The van der Waals surface area contributed by atoms with Crippen LogP contribution in [0.2, 0.25) is 0 Å². The van der Waals surface area contributed by atoms with E-state index in [1.807, 2.05) is 0 Å². The second-order valence-electron chi connectivity index (χ2n) is 3.07. The number of methoxy groups -OCH3 is 1. The molecule has 0 aliphatic carbocycles. The normalized spacial score (nSPS) is 37.7. The molecule has 0 aromatic rings. The molecule has 0 radical (unpaired) electrons. The Kier molecular flexibility index (Phi) is 4.73. The molecule has 0 aromatic heterocycles. The van der Waals surface area contributed by atoms with E-state index in [2.05, 4.69) is 0 Å². The van der Waals surface area contributed by atoms with E-state index in [1.54, 1.807) is 0 Å². The van der Waals surface area contributed by atoms with Crippen molar-refractivity contribution in [3.63, 3.8) is 0 Å². The van der Waals surface area contributed by atoms with Gasteiger partial charge in [0.15, 0.2) is 6.29 Å². The molecule has 0 unspecified atom stereocenters. The van der Waals surface area contributed by atoms with Crippen molar-refractivity contribution in [3.05, 3.63) is 0 Å². The van der Waals surface area contributed by atoms with Crippen molar-refractivity contribution in [1.82, 2.24) is 0 Å². The van der Waals surface area contributed by atoms with Gasteiger partial charge in [-0.15, -0.1) is 0 Å². The quantitative estimate of drug-likeness (QED) is 0.457. The number of aliphatic hydroxyl groups is 3. The summed E-state index contributed by atoms with van der Waals surface area (Å²) in [6, 6.07) is 0. The van der Waals surface area contributed by atoms with Gasteiger partial charge in [0.05, 0.1) is 19.8 Å². The van der Waals surface area contributed by atoms with Gasteiger partial charge in [-0.05, 0) is 0 Å². The highest BCUT2D eigenvalue weighted by atomic mass is 16.7. The third-order valence-corrected chi connectivity index (χ3v) is 2.09. The average molecular weight is 208 g/mol. The molecule has 6 nitrogen and oxygen atoms in total. The summed E-state index contributed by atoms with van der Waals surface area (Å²) in [7, 11) is 1.53. The Bertz CT molecular complexity index is 164. The molecule has 0 bridgehead atoms. The molecule has 84 valence electrons. The molecule has 1 aliphatic rings. The van der Waals surface area contributed by atoms with E-state index < -0.39 is 24.6 Å². The summed E-state index contributed by atoms with van der Waals surface area (Å²) in [6.07, 6.45) is -3.80. The van der Waals surface area contributed by atoms with Crippen molar-refractivity contribution < 1.29 is 29.5 Å². The lowest BCUT2D eigenvalue weighted by molar-refractivity contribution is -0.149. The Morgan fingerprint density at radius 1 is 1.29 bits per heavy atom. The molecule has 0 amide bonds. The first-order valence-corrected chi connectivity index (χ1v) is 4.43. The lowest BCUT2D eigenvalue weighted by atomic mass is 10.1. The van der Waals surface area contributed by atoms with Crippen molar-refractivity contribution in [1.29, 1.82) is 0 Å². The summed E-state index contributed by atoms with van der Waals surface area (Å²) in [5.41, 5.74) is 0. The van der Waals surface area contributed by atoms with Crippen LogP contribution in [0.1, 0.15) is 0 Å². The summed E-state index contributed by atoms with van der Waals surface area (Å²) < 4.78 is 14.7. The van der Waals surface area contributed by atoms with Gasteiger partial charge < -0.3 is 29.5 Å². The largest absolute Gasteiger partial charge is 0.394 e. The van der Waals surface area contributed by atoms with Gasteiger partial charge in [-0.3, -0.25) is 0 Å². The van der Waals surface area contributed by atoms with Crippen LogP contribution in [-0.2, 0) is 14.2 Å². The predicted octanol–water partition coefficient (Wildman–Crippen LogP) is -1.91. The SMILES string of the molecule is COCCO[C@@H]1[C@H](O)[C@@H](CO)O[C@H]1O. The molecule has 1 rings (SSSR count). The van der Waals surface area contributed by atoms with Gasteiger partial charge in [-0.2, -0.15) is 0 Å². The molecule has 1 saturated heterocycles. The maximum absolute atomic E-state index is 9.51. The van der Waals surface area contributed by atoms with Crippen molar-refractivity contribution in [2.24, 2.45) is 0 Å². The van der Waals surface area contributed by atoms with Crippen molar-refractivity contribution in [3.8, 4) is 0 Å². The minimum absolute atomic E-state index is 0.261. The Hall–Kier alpha value is -0.240. The number of hydrogen-bond acceptors (Lipinski definition) is 6. The summed E-state index contributed by atoms with van der Waals surface area (Å²) >= 11 is 0. The monoisotopic (exact) mass is 208 g/mol. The third-order valence-electron chi connectivity index (χ3n) is 2.09. The van der Waals surface area contributed by atoms with Gasteiger partial charge in [0.1, 0.15) is 18.3 Å². The van der Waals surface area contributed by atoms with Crippen LogP contribution in [-0.4, -0.2) is 66.9 Å². The average Bonchev–Trinajstić information content (AvgIpc) is 2.45. The van der Waals surface area contributed by atoms with Gasteiger partial charge in [-0.1, -0.05) is 0 Å². The highest BCUT2D eigenvalue weighted by Crippen LogP contribution is 2.21. The smallest absolute Gasteiger partial charge is 0.184 e. The predicted molar refractivity (Wildman–Crippen MR) is 45.6 cm³/mol. The van der Waals surface area contributed by atoms with E-state index in [9.17, 15) is 10.2 Å². The summed E-state index contributed by atoms with van der Waals surface area (Å²) in [5.74, 6) is 0. The Morgan fingerprint density at radius 2 is 2.00 bits per heavy atom. The van der Waals surface area contributed by atoms with Gasteiger partial charge in [-0.25, -0.2) is 0 Å². The summed E-state index contributed by atoms with van der Waals surface area (Å²) in [6.45, 7) is 0.291. The molecular formula is C8H16O6. The second kappa shape index (κ2) is 5.59. The molecule has 1 aliphatic heterocycles. The maximum Gasteiger partial charge on any atom is 0.184 e. The lowest BCUT2D eigenvalue weighted by Crippen LogP contribution is -2.37. The Labute approximate surface area is 82.0 Å². The van der Waals surface area contributed by atoms with Crippen LogP contribution in [0.4, 0.5) is 0 Å². The molecule has 4 atom stereocenters. The van der Waals surface area contributed by atoms with Crippen molar-refractivity contribution >= 4 is 0 Å². The highest BCUT2D eigenvalue weighted by molar-refractivity contribution is 4.86. The minimum Gasteiger partial charge on any atom is -0.394 e. The van der Waals surface area contributed by atoms with Gasteiger partial charge in [0.2, 0.25) is 0 Å². The van der Waals surface area contributed by atoms with Crippen molar-refractivity contribution in [2.75, 3.05) is 26.9 Å². The lowest BCUT2D eigenvalue weighted by Gasteiger charge is -2.17. The summed E-state index contributed by atoms with van der Waals surface area (Å²) in [4.78, 5) is 0. The van der Waals surface area contributed by atoms with E-state index >= 15 is 0 Å². The van der Waals surface area contributed by atoms with Crippen LogP contribution in [0.25, 0.3) is 0 Å². The van der Waals surface area contributed by atoms with E-state index in [4.69, 9.17) is 19.3 Å². The van der Waals surface area contributed by atoms with E-state index in [0.717, 1.165) is 0 Å². The topological polar surface area (TPSA) is 88.4 Å². The first kappa shape index (κ1) is 11.8. The van der Waals surface area contributed by atoms with Crippen LogP contribution in [0.15, 0.2) is 0 Å². The van der Waals surface area contributed by atoms with Gasteiger partial charge in [0.25, 0.3) is 0 Å². The zero-order valence-corrected chi connectivity index (χ0v) is 8.00. The second-order valence-corrected chi connectivity index (χ2v) is 3.07. The maximum atomic E-state index is 9.51. The zero-order valence-electron chi connectivity index (χ0n) is 8.00. The van der Waals surface area contributed by atoms with Crippen LogP contribution >= 0.6 is 0 Å². The molecule has 1 heterocycles. The zero-order chi connectivity index (χ0) is 10.6. The Balaban J connectivity index is 2.36. The molecule has 6 heteroatoms. The molecule has 3 N–H and O–H groups in total. The number of aliphatic hydroxyl groups excluding tert-OH is 3. The fourth-order valence-electron chi connectivity index (χ4n) is 1.32. The highest BCUT2D eigenvalue weighted by Gasteiger charge is 2.43. The fraction of sp³-hybridized carbons (Fsp3) is 1.00. The van der Waals surface area contributed by atoms with E-state index in [1.165, 1.54) is 7.11 Å². The standard InChI is InChI=1S/C8H16O6/c1-12-2-3-13-7-6(10)5(4-9)14-8(7)11/h5-11H,2-4H2,1H3/t5-,6-,7-,8-/m1/s1.